The maximum absolute atomic E-state index is 12.8. The quantitative estimate of drug-likeness (QED) is 0.690. The molecule has 0 saturated carbocycles. The maximum Gasteiger partial charge on any atom is 0.289 e. The number of hydrogen-bond donors (Lipinski definition) is 1. The van der Waals surface area contributed by atoms with Crippen molar-refractivity contribution in [2.24, 2.45) is 0 Å². The zero-order valence-corrected chi connectivity index (χ0v) is 16.3. The van der Waals surface area contributed by atoms with E-state index in [2.05, 4.69) is 20.9 Å². The number of methoxy groups -OCH3 is 1. The first-order chi connectivity index (χ1) is 13.0. The number of carbonyl (C=O) groups is 2. The summed E-state index contributed by atoms with van der Waals surface area (Å²) in [6, 6.07) is 10.8. The molecule has 0 unspecified atom stereocenters. The van der Waals surface area contributed by atoms with Crippen molar-refractivity contribution in [1.29, 1.82) is 0 Å². The number of nitrogens with one attached hydrogen (secondary N) is 1. The molecule has 8 heteroatoms. The van der Waals surface area contributed by atoms with Crippen LogP contribution in [-0.2, 0) is 0 Å². The smallest absolute Gasteiger partial charge is 0.289 e. The monoisotopic (exact) mass is 431 g/mol. The number of ether oxygens (including phenoxy) is 1. The van der Waals surface area contributed by atoms with Crippen LogP contribution in [0.1, 0.15) is 21.0 Å². The van der Waals surface area contributed by atoms with Crippen LogP contribution in [0.4, 0.5) is 0 Å². The van der Waals surface area contributed by atoms with Crippen molar-refractivity contribution >= 4 is 38.6 Å². The highest BCUT2D eigenvalue weighted by Gasteiger charge is 2.27. The summed E-state index contributed by atoms with van der Waals surface area (Å²) < 4.78 is 11.1. The molecule has 1 saturated heterocycles. The third-order valence-corrected chi connectivity index (χ3v) is 5.12. The molecule has 0 bridgehead atoms. The SMILES string of the molecule is COc1ccc2[nH]c(C(=O)N3CCN(C(=O)c4ccc(Br)o4)CC3)cc2c1. The molecule has 4 rings (SSSR count). The number of aromatic nitrogens is 1. The summed E-state index contributed by atoms with van der Waals surface area (Å²) in [5, 5.41) is 0.926. The van der Waals surface area contributed by atoms with Gasteiger partial charge in [-0.15, -0.1) is 0 Å². The molecule has 0 spiro atoms. The van der Waals surface area contributed by atoms with Crippen LogP contribution in [0.5, 0.6) is 5.75 Å². The third-order valence-electron chi connectivity index (χ3n) is 4.70. The predicted molar refractivity (Wildman–Crippen MR) is 103 cm³/mol. The Morgan fingerprint density at radius 3 is 2.37 bits per heavy atom. The first-order valence-electron chi connectivity index (χ1n) is 8.56. The maximum atomic E-state index is 12.8. The van der Waals surface area contributed by atoms with Crippen molar-refractivity contribution in [1.82, 2.24) is 14.8 Å². The Balaban J connectivity index is 1.43. The Morgan fingerprint density at radius 1 is 1.04 bits per heavy atom. The lowest BCUT2D eigenvalue weighted by Crippen LogP contribution is -2.50. The van der Waals surface area contributed by atoms with Gasteiger partial charge in [-0.2, -0.15) is 0 Å². The first kappa shape index (κ1) is 17.7. The summed E-state index contributed by atoms with van der Waals surface area (Å²) in [5.74, 6) is 0.812. The number of amides is 2. The predicted octanol–water partition coefficient (Wildman–Crippen LogP) is 3.13. The highest BCUT2D eigenvalue weighted by Crippen LogP contribution is 2.23. The van der Waals surface area contributed by atoms with Crippen molar-refractivity contribution in [2.75, 3.05) is 33.3 Å². The van der Waals surface area contributed by atoms with Crippen molar-refractivity contribution in [3.05, 3.63) is 52.5 Å². The molecule has 1 aliphatic heterocycles. The van der Waals surface area contributed by atoms with Crippen molar-refractivity contribution in [2.45, 2.75) is 0 Å². The van der Waals surface area contributed by atoms with Crippen molar-refractivity contribution in [3.8, 4) is 5.75 Å². The van der Waals surface area contributed by atoms with Crippen LogP contribution in [0.15, 0.2) is 45.5 Å². The number of benzene rings is 1. The number of H-pyrrole nitrogens is 1. The van der Waals surface area contributed by atoms with Gasteiger partial charge in [-0.3, -0.25) is 9.59 Å². The summed E-state index contributed by atoms with van der Waals surface area (Å²) in [4.78, 5) is 31.8. The molecule has 1 aromatic carbocycles. The Morgan fingerprint density at radius 2 is 1.74 bits per heavy atom. The van der Waals surface area contributed by atoms with E-state index in [-0.39, 0.29) is 11.8 Å². The summed E-state index contributed by atoms with van der Waals surface area (Å²) in [6.07, 6.45) is 0. The first-order valence-corrected chi connectivity index (χ1v) is 9.35. The fraction of sp³-hybridized carbons (Fsp3) is 0.263. The summed E-state index contributed by atoms with van der Waals surface area (Å²) in [7, 11) is 1.61. The highest BCUT2D eigenvalue weighted by atomic mass is 79.9. The summed E-state index contributed by atoms with van der Waals surface area (Å²) in [6.45, 7) is 1.89. The van der Waals surface area contributed by atoms with E-state index in [4.69, 9.17) is 9.15 Å². The van der Waals surface area contributed by atoms with Crippen LogP contribution in [-0.4, -0.2) is 59.9 Å². The van der Waals surface area contributed by atoms with E-state index in [0.717, 1.165) is 16.7 Å². The minimum atomic E-state index is -0.162. The van der Waals surface area contributed by atoms with Gasteiger partial charge in [-0.1, -0.05) is 0 Å². The minimum Gasteiger partial charge on any atom is -0.497 e. The van der Waals surface area contributed by atoms with Gasteiger partial charge in [0.05, 0.1) is 7.11 Å². The summed E-state index contributed by atoms with van der Waals surface area (Å²) >= 11 is 3.20. The molecule has 1 fully saturated rings. The van der Waals surface area contributed by atoms with Crippen molar-refractivity contribution in [3.63, 3.8) is 0 Å². The molecule has 1 aliphatic rings. The Bertz CT molecular complexity index is 1000. The van der Waals surface area contributed by atoms with Crippen molar-refractivity contribution < 1.29 is 18.7 Å². The van der Waals surface area contributed by atoms with Gasteiger partial charge in [-0.25, -0.2) is 0 Å². The Labute approximate surface area is 164 Å². The van der Waals surface area contributed by atoms with Crippen LogP contribution < -0.4 is 4.74 Å². The average Bonchev–Trinajstić information content (AvgIpc) is 3.32. The molecule has 0 aliphatic carbocycles. The molecule has 2 aromatic heterocycles. The second kappa shape index (κ2) is 7.11. The highest BCUT2D eigenvalue weighted by molar-refractivity contribution is 9.10. The molecule has 3 heterocycles. The van der Waals surface area contributed by atoms with Crippen LogP contribution >= 0.6 is 15.9 Å². The third kappa shape index (κ3) is 3.44. The van der Waals surface area contributed by atoms with Gasteiger partial charge in [-0.05, 0) is 52.3 Å². The van der Waals surface area contributed by atoms with Crippen LogP contribution in [0.2, 0.25) is 0 Å². The molecule has 2 amide bonds. The standard InChI is InChI=1S/C19H18BrN3O4/c1-26-13-2-3-14-12(10-13)11-15(21-14)18(24)22-6-8-23(9-7-22)19(25)16-4-5-17(20)27-16/h2-5,10-11,21H,6-9H2,1H3. The van der Waals surface area contributed by atoms with Gasteiger partial charge in [0.15, 0.2) is 10.4 Å². The van der Waals surface area contributed by atoms with E-state index in [0.29, 0.717) is 42.3 Å². The minimum absolute atomic E-state index is 0.0713. The molecule has 27 heavy (non-hydrogen) atoms. The molecule has 3 aromatic rings. The fourth-order valence-corrected chi connectivity index (χ4v) is 3.53. The number of hydrogen-bond acceptors (Lipinski definition) is 4. The number of furan rings is 1. The van der Waals surface area contributed by atoms with Crippen LogP contribution in [0.25, 0.3) is 10.9 Å². The van der Waals surface area contributed by atoms with E-state index in [1.807, 2.05) is 24.3 Å². The topological polar surface area (TPSA) is 78.8 Å². The average molecular weight is 432 g/mol. The Kier molecular flexibility index (Phi) is 4.65. The molecule has 7 nitrogen and oxygen atoms in total. The number of aromatic amines is 1. The zero-order valence-electron chi connectivity index (χ0n) is 14.7. The lowest BCUT2D eigenvalue weighted by Gasteiger charge is -2.34. The lowest BCUT2D eigenvalue weighted by atomic mass is 10.2. The fourth-order valence-electron chi connectivity index (χ4n) is 3.22. The van der Waals surface area contributed by atoms with E-state index < -0.39 is 0 Å². The molecule has 0 atom stereocenters. The number of nitrogens with zero attached hydrogens (tertiary/aromatic N) is 2. The zero-order chi connectivity index (χ0) is 19.0. The van der Waals surface area contributed by atoms with Gasteiger partial charge in [0.2, 0.25) is 0 Å². The van der Waals surface area contributed by atoms with E-state index in [1.54, 1.807) is 29.0 Å². The normalized spacial score (nSPS) is 14.6. The van der Waals surface area contributed by atoms with Gasteiger partial charge < -0.3 is 23.9 Å². The van der Waals surface area contributed by atoms with E-state index in [9.17, 15) is 9.59 Å². The van der Waals surface area contributed by atoms with Crippen LogP contribution in [0.3, 0.4) is 0 Å². The number of carbonyl (C=O) groups excluding carboxylic acids is 2. The van der Waals surface area contributed by atoms with Crippen LogP contribution in [0, 0.1) is 0 Å². The second-order valence-electron chi connectivity index (χ2n) is 6.32. The summed E-state index contributed by atoms with van der Waals surface area (Å²) in [5.41, 5.74) is 1.42. The second-order valence-corrected chi connectivity index (χ2v) is 7.11. The molecule has 140 valence electrons. The van der Waals surface area contributed by atoms with Gasteiger partial charge >= 0.3 is 0 Å². The van der Waals surface area contributed by atoms with Gasteiger partial charge in [0, 0.05) is 37.1 Å². The molecule has 0 radical (unpaired) electrons. The number of fused-ring (bicyclic) bond motifs is 1. The van der Waals surface area contributed by atoms with Gasteiger partial charge in [0.25, 0.3) is 11.8 Å². The molecule has 1 N–H and O–H groups in total. The van der Waals surface area contributed by atoms with Gasteiger partial charge in [0.1, 0.15) is 11.4 Å². The molecular weight excluding hydrogens is 414 g/mol. The number of piperazine rings is 1. The lowest BCUT2D eigenvalue weighted by molar-refractivity contribution is 0.0515. The number of halogens is 1. The van der Waals surface area contributed by atoms with E-state index in [1.165, 1.54) is 0 Å². The largest absolute Gasteiger partial charge is 0.497 e. The molecular formula is C19H18BrN3O4. The van der Waals surface area contributed by atoms with E-state index >= 15 is 0 Å². The number of rotatable bonds is 3. The Hall–Kier alpha value is -2.74.